The Bertz CT molecular complexity index is 383. The maximum Gasteiger partial charge on any atom is 0.303 e. The zero-order valence-corrected chi connectivity index (χ0v) is 9.46. The number of amides is 1. The zero-order chi connectivity index (χ0) is 11.5. The third-order valence-corrected chi connectivity index (χ3v) is 4.27. The van der Waals surface area contributed by atoms with Crippen molar-refractivity contribution in [3.05, 3.63) is 11.4 Å². The maximum atomic E-state index is 11.5. The predicted octanol–water partition coefficient (Wildman–Crippen LogP) is -0.0587. The first kappa shape index (κ1) is 12.0. The molecule has 1 saturated heterocycles. The highest BCUT2D eigenvalue weighted by Crippen LogP contribution is 2.17. The number of rotatable bonds is 3. The number of hydrogen-bond donors (Lipinski definition) is 0. The van der Waals surface area contributed by atoms with Crippen LogP contribution in [0, 0.1) is 6.57 Å². The average Bonchev–Trinajstić information content (AvgIpc) is 2.48. The summed E-state index contributed by atoms with van der Waals surface area (Å²) in [5, 5.41) is 0. The lowest BCUT2D eigenvalue weighted by atomic mass is 10.2. The van der Waals surface area contributed by atoms with Crippen LogP contribution in [-0.4, -0.2) is 49.9 Å². The van der Waals surface area contributed by atoms with Crippen LogP contribution in [0.3, 0.4) is 0 Å². The summed E-state index contributed by atoms with van der Waals surface area (Å²) >= 11 is 0. The van der Waals surface area contributed by atoms with E-state index in [9.17, 15) is 13.2 Å². The van der Waals surface area contributed by atoms with E-state index in [2.05, 4.69) is 4.85 Å². The predicted molar refractivity (Wildman–Crippen MR) is 55.9 cm³/mol. The Labute approximate surface area is 89.8 Å². The van der Waals surface area contributed by atoms with Crippen LogP contribution in [0.25, 0.3) is 4.85 Å². The quantitative estimate of drug-likeness (QED) is 0.638. The SMILES string of the molecule is [C-]#[N+]CC(=O)N(CC)C1CCS(=O)(=O)C1. The average molecular weight is 230 g/mol. The Kier molecular flexibility index (Phi) is 3.69. The van der Waals surface area contributed by atoms with Crippen LogP contribution in [0.15, 0.2) is 0 Å². The molecule has 1 aliphatic rings. The zero-order valence-electron chi connectivity index (χ0n) is 8.64. The third kappa shape index (κ3) is 2.93. The van der Waals surface area contributed by atoms with Crippen LogP contribution in [0.1, 0.15) is 13.3 Å². The molecule has 6 heteroatoms. The van der Waals surface area contributed by atoms with Gasteiger partial charge in [-0.05, 0) is 13.3 Å². The van der Waals surface area contributed by atoms with E-state index in [1.54, 1.807) is 6.92 Å². The largest absolute Gasteiger partial charge is 0.332 e. The number of hydrogen-bond acceptors (Lipinski definition) is 3. The van der Waals surface area contributed by atoms with Gasteiger partial charge in [0.15, 0.2) is 9.84 Å². The van der Waals surface area contributed by atoms with E-state index in [-0.39, 0.29) is 30.0 Å². The molecular weight excluding hydrogens is 216 g/mol. The highest BCUT2D eigenvalue weighted by Gasteiger charge is 2.34. The Balaban J connectivity index is 2.69. The number of carbonyl (C=O) groups is 1. The van der Waals surface area contributed by atoms with Crippen LogP contribution in [0.2, 0.25) is 0 Å². The summed E-state index contributed by atoms with van der Waals surface area (Å²) in [6.07, 6.45) is 0.500. The summed E-state index contributed by atoms with van der Waals surface area (Å²) in [6.45, 7) is 8.68. The van der Waals surface area contributed by atoms with Crippen LogP contribution >= 0.6 is 0 Å². The Morgan fingerprint density at radius 1 is 1.60 bits per heavy atom. The molecule has 0 aliphatic carbocycles. The van der Waals surface area contributed by atoms with Gasteiger partial charge in [-0.15, -0.1) is 0 Å². The third-order valence-electron chi connectivity index (χ3n) is 2.52. The fourth-order valence-electron chi connectivity index (χ4n) is 1.82. The molecule has 5 nitrogen and oxygen atoms in total. The second-order valence-corrected chi connectivity index (χ2v) is 5.78. The molecular formula is C9H14N2O3S. The lowest BCUT2D eigenvalue weighted by Gasteiger charge is -2.24. The van der Waals surface area contributed by atoms with Gasteiger partial charge in [-0.2, -0.15) is 0 Å². The van der Waals surface area contributed by atoms with Gasteiger partial charge in [0.2, 0.25) is 0 Å². The first-order valence-corrected chi connectivity index (χ1v) is 6.65. The van der Waals surface area contributed by atoms with Crippen molar-refractivity contribution >= 4 is 15.7 Å². The van der Waals surface area contributed by atoms with Crippen LogP contribution in [0.4, 0.5) is 0 Å². The van der Waals surface area contributed by atoms with Crippen molar-refractivity contribution in [2.24, 2.45) is 0 Å². The van der Waals surface area contributed by atoms with E-state index < -0.39 is 9.84 Å². The fourth-order valence-corrected chi connectivity index (χ4v) is 3.55. The Hall–Kier alpha value is -1.09. The van der Waals surface area contributed by atoms with Crippen molar-refractivity contribution in [3.63, 3.8) is 0 Å². The van der Waals surface area contributed by atoms with Gasteiger partial charge in [-0.3, -0.25) is 4.79 Å². The molecule has 0 radical (unpaired) electrons. The van der Waals surface area contributed by atoms with Gasteiger partial charge >= 0.3 is 5.91 Å². The van der Waals surface area contributed by atoms with Gasteiger partial charge in [0.25, 0.3) is 6.54 Å². The minimum absolute atomic E-state index is 0.0462. The summed E-state index contributed by atoms with van der Waals surface area (Å²) in [5.41, 5.74) is 0. The number of nitrogens with zero attached hydrogens (tertiary/aromatic N) is 2. The van der Waals surface area contributed by atoms with E-state index in [0.717, 1.165) is 0 Å². The summed E-state index contributed by atoms with van der Waals surface area (Å²) in [5.74, 6) is -0.0704. The first-order valence-electron chi connectivity index (χ1n) is 4.83. The molecule has 0 aromatic carbocycles. The van der Waals surface area contributed by atoms with Gasteiger partial charge < -0.3 is 9.74 Å². The number of carbonyl (C=O) groups excluding carboxylic acids is 1. The topological polar surface area (TPSA) is 58.8 Å². The lowest BCUT2D eigenvalue weighted by molar-refractivity contribution is -0.130. The summed E-state index contributed by atoms with van der Waals surface area (Å²) in [6, 6.07) is -0.228. The number of likely N-dealkylation sites (N-methyl/N-ethyl adjacent to an activating group) is 1. The van der Waals surface area contributed by atoms with Gasteiger partial charge in [0, 0.05) is 12.6 Å². The van der Waals surface area contributed by atoms with Crippen molar-refractivity contribution in [2.75, 3.05) is 24.6 Å². The first-order chi connectivity index (χ1) is 7.00. The van der Waals surface area contributed by atoms with E-state index in [1.807, 2.05) is 0 Å². The van der Waals surface area contributed by atoms with Gasteiger partial charge in [0.05, 0.1) is 11.5 Å². The van der Waals surface area contributed by atoms with Crippen molar-refractivity contribution in [1.82, 2.24) is 4.90 Å². The van der Waals surface area contributed by atoms with Gasteiger partial charge in [-0.1, -0.05) is 0 Å². The monoisotopic (exact) mass is 230 g/mol. The molecule has 0 aromatic rings. The molecule has 15 heavy (non-hydrogen) atoms. The highest BCUT2D eigenvalue weighted by atomic mass is 32.2. The molecule has 0 aromatic heterocycles. The van der Waals surface area contributed by atoms with Crippen molar-refractivity contribution in [1.29, 1.82) is 0 Å². The molecule has 1 heterocycles. The van der Waals surface area contributed by atoms with E-state index in [1.165, 1.54) is 4.90 Å². The molecule has 1 amide bonds. The number of sulfone groups is 1. The summed E-state index contributed by atoms with van der Waals surface area (Å²) in [4.78, 5) is 16.0. The van der Waals surface area contributed by atoms with Gasteiger partial charge in [-0.25, -0.2) is 15.0 Å². The van der Waals surface area contributed by atoms with Crippen molar-refractivity contribution < 1.29 is 13.2 Å². The molecule has 0 bridgehead atoms. The molecule has 1 fully saturated rings. The maximum absolute atomic E-state index is 11.5. The van der Waals surface area contributed by atoms with Crippen molar-refractivity contribution in [2.45, 2.75) is 19.4 Å². The summed E-state index contributed by atoms with van der Waals surface area (Å²) < 4.78 is 22.5. The van der Waals surface area contributed by atoms with E-state index in [0.29, 0.717) is 13.0 Å². The Morgan fingerprint density at radius 3 is 2.67 bits per heavy atom. The fraction of sp³-hybridized carbons (Fsp3) is 0.778. The minimum atomic E-state index is -2.97. The molecule has 0 spiro atoms. The lowest BCUT2D eigenvalue weighted by Crippen LogP contribution is -2.41. The second-order valence-electron chi connectivity index (χ2n) is 3.55. The molecule has 0 saturated carbocycles. The normalized spacial score (nSPS) is 23.3. The molecule has 1 aliphatic heterocycles. The molecule has 1 atom stereocenters. The smallest absolute Gasteiger partial charge is 0.303 e. The van der Waals surface area contributed by atoms with Crippen LogP contribution in [-0.2, 0) is 14.6 Å². The minimum Gasteiger partial charge on any atom is -0.332 e. The summed E-state index contributed by atoms with van der Waals surface area (Å²) in [7, 11) is -2.97. The highest BCUT2D eigenvalue weighted by molar-refractivity contribution is 7.91. The van der Waals surface area contributed by atoms with Crippen LogP contribution < -0.4 is 0 Å². The van der Waals surface area contributed by atoms with Crippen molar-refractivity contribution in [3.8, 4) is 0 Å². The van der Waals surface area contributed by atoms with Crippen LogP contribution in [0.5, 0.6) is 0 Å². The molecule has 84 valence electrons. The van der Waals surface area contributed by atoms with E-state index in [4.69, 9.17) is 6.57 Å². The molecule has 1 rings (SSSR count). The molecule has 0 N–H and O–H groups in total. The van der Waals surface area contributed by atoms with E-state index >= 15 is 0 Å². The standard InChI is InChI=1S/C9H14N2O3S/c1-3-11(9(12)6-10-2)8-4-5-15(13,14)7-8/h8H,3-7H2,1H3. The second kappa shape index (κ2) is 4.62. The Morgan fingerprint density at radius 2 is 2.27 bits per heavy atom. The van der Waals surface area contributed by atoms with Gasteiger partial charge in [0.1, 0.15) is 0 Å². The molecule has 1 unspecified atom stereocenters.